The van der Waals surface area contributed by atoms with Crippen LogP contribution in [0.4, 0.5) is 14.9 Å². The predicted molar refractivity (Wildman–Crippen MR) is 118 cm³/mol. The Morgan fingerprint density at radius 3 is 2.35 bits per heavy atom. The fraction of sp³-hybridized carbons (Fsp3) is 0. The number of nitrogens with zero attached hydrogens (tertiary/aromatic N) is 1. The van der Waals surface area contributed by atoms with Crippen LogP contribution in [0.15, 0.2) is 97.3 Å². The molecule has 31 heavy (non-hydrogen) atoms. The number of carbonyl (C=O) groups excluding carboxylic acids is 1. The number of anilines is 1. The minimum Gasteiger partial charge on any atom is -0.410 e. The fourth-order valence-corrected chi connectivity index (χ4v) is 2.92. The van der Waals surface area contributed by atoms with Crippen molar-refractivity contribution in [2.45, 2.75) is 0 Å². The largest absolute Gasteiger partial charge is 0.417 e. The number of rotatable bonds is 3. The molecule has 0 saturated heterocycles. The molecule has 1 amide bonds. The molecule has 3 aromatic carbocycles. The van der Waals surface area contributed by atoms with Crippen LogP contribution in [0, 0.1) is 17.7 Å². The fourth-order valence-electron chi connectivity index (χ4n) is 2.92. The van der Waals surface area contributed by atoms with Gasteiger partial charge >= 0.3 is 6.09 Å². The van der Waals surface area contributed by atoms with E-state index in [1.807, 2.05) is 24.3 Å². The average Bonchev–Trinajstić information content (AvgIpc) is 2.80. The Morgan fingerprint density at radius 2 is 1.61 bits per heavy atom. The topological polar surface area (TPSA) is 51.2 Å². The van der Waals surface area contributed by atoms with Crippen LogP contribution in [0.1, 0.15) is 11.1 Å². The number of aromatic nitrogens is 1. The Morgan fingerprint density at radius 1 is 0.871 bits per heavy atom. The second-order valence-corrected chi connectivity index (χ2v) is 6.58. The molecule has 0 radical (unpaired) electrons. The van der Waals surface area contributed by atoms with Gasteiger partial charge in [-0.3, -0.25) is 10.3 Å². The number of nitrogens with one attached hydrogen (secondary N) is 1. The summed E-state index contributed by atoms with van der Waals surface area (Å²) in [6.07, 6.45) is 2.81. The van der Waals surface area contributed by atoms with Crippen molar-refractivity contribution < 1.29 is 13.9 Å². The van der Waals surface area contributed by atoms with Crippen molar-refractivity contribution in [3.8, 4) is 28.7 Å². The predicted octanol–water partition coefficient (Wildman–Crippen LogP) is 5.90. The molecule has 0 aliphatic carbocycles. The van der Waals surface area contributed by atoms with Crippen LogP contribution in [0.5, 0.6) is 5.75 Å². The van der Waals surface area contributed by atoms with Crippen LogP contribution in [0.3, 0.4) is 0 Å². The quantitative estimate of drug-likeness (QED) is 0.430. The lowest BCUT2D eigenvalue weighted by atomic mass is 10.00. The number of benzene rings is 3. The van der Waals surface area contributed by atoms with Crippen molar-refractivity contribution in [2.75, 3.05) is 5.32 Å². The third kappa shape index (κ3) is 5.34. The number of ether oxygens (including phenoxy) is 1. The summed E-state index contributed by atoms with van der Waals surface area (Å²) in [6.45, 7) is 0. The molecule has 0 bridgehead atoms. The van der Waals surface area contributed by atoms with Gasteiger partial charge in [-0.1, -0.05) is 36.1 Å². The van der Waals surface area contributed by atoms with Crippen molar-refractivity contribution in [1.29, 1.82) is 0 Å². The molecular weight excluding hydrogens is 391 g/mol. The van der Waals surface area contributed by atoms with Gasteiger partial charge in [-0.05, 0) is 71.8 Å². The van der Waals surface area contributed by atoms with Crippen molar-refractivity contribution in [3.05, 3.63) is 114 Å². The van der Waals surface area contributed by atoms with Gasteiger partial charge in [0.25, 0.3) is 0 Å². The van der Waals surface area contributed by atoms with E-state index in [0.29, 0.717) is 22.6 Å². The summed E-state index contributed by atoms with van der Waals surface area (Å²) in [5, 5.41) is 2.72. The molecular formula is C26H17FN2O2. The molecule has 0 aliphatic rings. The van der Waals surface area contributed by atoms with Crippen LogP contribution < -0.4 is 10.1 Å². The molecule has 0 atom stereocenters. The number of pyridine rings is 1. The summed E-state index contributed by atoms with van der Waals surface area (Å²) < 4.78 is 18.4. The SMILES string of the molecule is O=C(Nc1ccc(-c2ccncc2)c(C#Cc2ccc(F)cc2)c1)Oc1ccccc1. The zero-order valence-corrected chi connectivity index (χ0v) is 16.4. The first kappa shape index (κ1) is 19.9. The van der Waals surface area contributed by atoms with Crippen LogP contribution in [-0.2, 0) is 0 Å². The Kier molecular flexibility index (Phi) is 6.01. The average molecular weight is 408 g/mol. The summed E-state index contributed by atoms with van der Waals surface area (Å²) in [4.78, 5) is 16.3. The van der Waals surface area contributed by atoms with E-state index < -0.39 is 6.09 Å². The molecule has 1 heterocycles. The number of hydrogen-bond acceptors (Lipinski definition) is 3. The summed E-state index contributed by atoms with van der Waals surface area (Å²) in [7, 11) is 0. The maximum Gasteiger partial charge on any atom is 0.417 e. The lowest BCUT2D eigenvalue weighted by Gasteiger charge is -2.10. The molecule has 0 unspecified atom stereocenters. The van der Waals surface area contributed by atoms with Crippen molar-refractivity contribution >= 4 is 11.8 Å². The Hall–Kier alpha value is -4.43. The van der Waals surface area contributed by atoms with Gasteiger partial charge in [-0.2, -0.15) is 0 Å². The lowest BCUT2D eigenvalue weighted by molar-refractivity contribution is 0.215. The van der Waals surface area contributed by atoms with E-state index in [1.54, 1.807) is 60.9 Å². The van der Waals surface area contributed by atoms with Crippen LogP contribution in [-0.4, -0.2) is 11.1 Å². The molecule has 0 spiro atoms. The number of amides is 1. The molecule has 150 valence electrons. The molecule has 4 nitrogen and oxygen atoms in total. The summed E-state index contributed by atoms with van der Waals surface area (Å²) >= 11 is 0. The first-order chi connectivity index (χ1) is 15.2. The van der Waals surface area contributed by atoms with Gasteiger partial charge in [0.1, 0.15) is 11.6 Å². The van der Waals surface area contributed by atoms with E-state index in [0.717, 1.165) is 11.1 Å². The van der Waals surface area contributed by atoms with Gasteiger partial charge in [0, 0.05) is 29.2 Å². The van der Waals surface area contributed by atoms with Crippen LogP contribution in [0.25, 0.3) is 11.1 Å². The van der Waals surface area contributed by atoms with Crippen LogP contribution >= 0.6 is 0 Å². The molecule has 1 N–H and O–H groups in total. The first-order valence-electron chi connectivity index (χ1n) is 9.53. The molecule has 5 heteroatoms. The van der Waals surface area contributed by atoms with E-state index in [4.69, 9.17) is 4.74 Å². The highest BCUT2D eigenvalue weighted by Gasteiger charge is 2.09. The van der Waals surface area contributed by atoms with E-state index >= 15 is 0 Å². The smallest absolute Gasteiger partial charge is 0.410 e. The lowest BCUT2D eigenvalue weighted by Crippen LogP contribution is -2.16. The van der Waals surface area contributed by atoms with Gasteiger partial charge in [0.2, 0.25) is 0 Å². The maximum atomic E-state index is 13.2. The highest BCUT2D eigenvalue weighted by Crippen LogP contribution is 2.26. The van der Waals surface area contributed by atoms with E-state index in [2.05, 4.69) is 22.1 Å². The summed E-state index contributed by atoms with van der Waals surface area (Å²) in [5.41, 5.74) is 3.76. The zero-order valence-electron chi connectivity index (χ0n) is 16.4. The molecule has 1 aromatic heterocycles. The Bertz CT molecular complexity index is 1250. The summed E-state index contributed by atoms with van der Waals surface area (Å²) in [6, 6.07) is 24.0. The van der Waals surface area contributed by atoms with Crippen LogP contribution in [0.2, 0.25) is 0 Å². The van der Waals surface area contributed by atoms with Crippen molar-refractivity contribution in [1.82, 2.24) is 4.98 Å². The molecule has 4 aromatic rings. The number of halogens is 1. The first-order valence-corrected chi connectivity index (χ1v) is 9.53. The van der Waals surface area contributed by atoms with Gasteiger partial charge in [-0.25, -0.2) is 9.18 Å². The second-order valence-electron chi connectivity index (χ2n) is 6.58. The Labute approximate surface area is 179 Å². The zero-order chi connectivity index (χ0) is 21.5. The molecule has 0 aliphatic heterocycles. The van der Waals surface area contributed by atoms with Gasteiger partial charge in [0.05, 0.1) is 0 Å². The number of para-hydroxylation sites is 1. The summed E-state index contributed by atoms with van der Waals surface area (Å²) in [5.74, 6) is 6.30. The number of carbonyl (C=O) groups is 1. The molecule has 0 fully saturated rings. The normalized spacial score (nSPS) is 9.97. The minimum absolute atomic E-state index is 0.314. The standard InChI is InChI=1S/C26H17FN2O2/c27-22-10-7-19(8-11-22)6-9-21-18-23(12-13-25(21)20-14-16-28-17-15-20)29-26(30)31-24-4-2-1-3-5-24/h1-5,7-8,10-18H,(H,29,30). The molecule has 0 saturated carbocycles. The second kappa shape index (κ2) is 9.38. The minimum atomic E-state index is -0.597. The maximum absolute atomic E-state index is 13.2. The van der Waals surface area contributed by atoms with E-state index in [1.165, 1.54) is 12.1 Å². The Balaban J connectivity index is 1.63. The van der Waals surface area contributed by atoms with Gasteiger partial charge < -0.3 is 4.74 Å². The van der Waals surface area contributed by atoms with Gasteiger partial charge in [-0.15, -0.1) is 0 Å². The van der Waals surface area contributed by atoms with E-state index in [-0.39, 0.29) is 5.82 Å². The third-order valence-electron chi connectivity index (χ3n) is 4.40. The van der Waals surface area contributed by atoms with Crippen molar-refractivity contribution in [2.24, 2.45) is 0 Å². The van der Waals surface area contributed by atoms with Gasteiger partial charge in [0.15, 0.2) is 0 Å². The molecule has 4 rings (SSSR count). The highest BCUT2D eigenvalue weighted by atomic mass is 19.1. The number of hydrogen-bond donors (Lipinski definition) is 1. The highest BCUT2D eigenvalue weighted by molar-refractivity contribution is 5.87. The monoisotopic (exact) mass is 408 g/mol. The third-order valence-corrected chi connectivity index (χ3v) is 4.40. The van der Waals surface area contributed by atoms with Crippen molar-refractivity contribution in [3.63, 3.8) is 0 Å². The van der Waals surface area contributed by atoms with E-state index in [9.17, 15) is 9.18 Å².